The Morgan fingerprint density at radius 3 is 2.83 bits per heavy atom. The Morgan fingerprint density at radius 2 is 2.28 bits per heavy atom. The van der Waals surface area contributed by atoms with Gasteiger partial charge in [-0.2, -0.15) is 0 Å². The van der Waals surface area contributed by atoms with Crippen molar-refractivity contribution in [2.24, 2.45) is 5.41 Å². The second-order valence-corrected chi connectivity index (χ2v) is 6.20. The lowest BCUT2D eigenvalue weighted by molar-refractivity contribution is 0.124. The monoisotopic (exact) mass is 265 g/mol. The van der Waals surface area contributed by atoms with E-state index in [0.717, 1.165) is 15.8 Å². The Morgan fingerprint density at radius 1 is 1.50 bits per heavy atom. The average Bonchev–Trinajstić information content (AvgIpc) is 2.94. The quantitative estimate of drug-likeness (QED) is 0.882. The second-order valence-electron chi connectivity index (χ2n) is 5.14. The molecule has 1 atom stereocenters. The van der Waals surface area contributed by atoms with Gasteiger partial charge in [-0.25, -0.2) is 4.98 Å². The number of hydrogen-bond donors (Lipinski definition) is 2. The smallest absolute Gasteiger partial charge is 0.189 e. The minimum absolute atomic E-state index is 0.0410. The van der Waals surface area contributed by atoms with Crippen molar-refractivity contribution in [3.63, 3.8) is 0 Å². The number of thiazole rings is 1. The van der Waals surface area contributed by atoms with Crippen LogP contribution in [0.5, 0.6) is 0 Å². The molecular weight excluding hydrogens is 246 g/mol. The first-order valence-electron chi connectivity index (χ1n) is 5.94. The molecule has 0 aromatic carbocycles. The second kappa shape index (κ2) is 5.02. The third kappa shape index (κ3) is 3.04. The van der Waals surface area contributed by atoms with Crippen LogP contribution in [0.15, 0.2) is 24.2 Å². The van der Waals surface area contributed by atoms with E-state index in [4.69, 9.17) is 4.74 Å². The van der Waals surface area contributed by atoms with Crippen LogP contribution in [0.3, 0.4) is 0 Å². The van der Waals surface area contributed by atoms with E-state index < -0.39 is 0 Å². The summed E-state index contributed by atoms with van der Waals surface area (Å²) in [5.74, 6) is 0.984. The van der Waals surface area contributed by atoms with Crippen molar-refractivity contribution < 1.29 is 4.74 Å². The fourth-order valence-corrected chi connectivity index (χ4v) is 2.19. The molecule has 1 unspecified atom stereocenters. The molecule has 0 bridgehead atoms. The number of hydrogen-bond acceptors (Lipinski definition) is 5. The Labute approximate surface area is 112 Å². The zero-order chi connectivity index (χ0) is 13.2. The molecule has 18 heavy (non-hydrogen) atoms. The first-order chi connectivity index (χ1) is 8.49. The summed E-state index contributed by atoms with van der Waals surface area (Å²) in [7, 11) is 1.87. The normalized spacial score (nSPS) is 19.6. The number of aromatic nitrogens is 1. The maximum atomic E-state index is 5.81. The first kappa shape index (κ1) is 13.0. The van der Waals surface area contributed by atoms with E-state index in [1.54, 1.807) is 11.3 Å². The molecule has 2 N–H and O–H groups in total. The summed E-state index contributed by atoms with van der Waals surface area (Å²) >= 11 is 1.61. The predicted octanol–water partition coefficient (Wildman–Crippen LogP) is 3.03. The van der Waals surface area contributed by atoms with Crippen LogP contribution in [0.4, 0.5) is 5.13 Å². The van der Waals surface area contributed by atoms with Crippen LogP contribution in [-0.4, -0.2) is 18.3 Å². The molecule has 0 saturated carbocycles. The van der Waals surface area contributed by atoms with Crippen LogP contribution in [-0.2, 0) is 4.74 Å². The molecule has 1 aromatic rings. The summed E-state index contributed by atoms with van der Waals surface area (Å²) in [6.45, 7) is 6.40. The molecule has 0 saturated heterocycles. The van der Waals surface area contributed by atoms with Crippen LogP contribution < -0.4 is 10.6 Å². The van der Waals surface area contributed by atoms with E-state index in [1.165, 1.54) is 0 Å². The minimum Gasteiger partial charge on any atom is -0.469 e. The molecule has 0 radical (unpaired) electrons. The highest BCUT2D eigenvalue weighted by molar-refractivity contribution is 7.16. The molecule has 1 aromatic heterocycles. The standard InChI is InChI=1S/C13H19N3OS/c1-13(2,3)10-8-15-11(17-10)6-5-9-7-16-12(14-4)18-9/h5-8,11,15H,1-4H3,(H,14,16)/b6-5-. The van der Waals surface area contributed by atoms with Gasteiger partial charge in [0.2, 0.25) is 0 Å². The molecule has 2 heterocycles. The number of nitrogens with one attached hydrogen (secondary N) is 2. The van der Waals surface area contributed by atoms with E-state index in [1.807, 2.05) is 31.6 Å². The van der Waals surface area contributed by atoms with Crippen molar-refractivity contribution in [1.29, 1.82) is 0 Å². The Bertz CT molecular complexity index is 471. The lowest BCUT2D eigenvalue weighted by Crippen LogP contribution is -2.19. The van der Waals surface area contributed by atoms with Crippen molar-refractivity contribution in [3.8, 4) is 0 Å². The molecule has 4 nitrogen and oxygen atoms in total. The van der Waals surface area contributed by atoms with Gasteiger partial charge in [0.15, 0.2) is 11.4 Å². The zero-order valence-electron chi connectivity index (χ0n) is 11.2. The number of anilines is 1. The van der Waals surface area contributed by atoms with Gasteiger partial charge in [0.1, 0.15) is 5.76 Å². The summed E-state index contributed by atoms with van der Waals surface area (Å²) < 4.78 is 5.81. The molecule has 5 heteroatoms. The molecule has 0 amide bonds. The molecule has 1 aliphatic heterocycles. The van der Waals surface area contributed by atoms with Gasteiger partial charge in [-0.15, -0.1) is 0 Å². The molecule has 0 spiro atoms. The van der Waals surface area contributed by atoms with Gasteiger partial charge in [-0.05, 0) is 12.2 Å². The Hall–Kier alpha value is -1.49. The summed E-state index contributed by atoms with van der Waals surface area (Å²) in [6, 6.07) is 0. The van der Waals surface area contributed by atoms with E-state index in [9.17, 15) is 0 Å². The van der Waals surface area contributed by atoms with Crippen molar-refractivity contribution >= 4 is 22.5 Å². The van der Waals surface area contributed by atoms with Gasteiger partial charge >= 0.3 is 0 Å². The third-order valence-electron chi connectivity index (χ3n) is 2.54. The summed E-state index contributed by atoms with van der Waals surface area (Å²) in [6.07, 6.45) is 7.73. The third-order valence-corrected chi connectivity index (χ3v) is 3.52. The molecule has 2 rings (SSSR count). The molecule has 98 valence electrons. The highest BCUT2D eigenvalue weighted by Crippen LogP contribution is 2.29. The minimum atomic E-state index is -0.0839. The van der Waals surface area contributed by atoms with E-state index >= 15 is 0 Å². The molecule has 0 fully saturated rings. The summed E-state index contributed by atoms with van der Waals surface area (Å²) in [5.41, 5.74) is 0.0410. The SMILES string of the molecule is CNc1ncc(/C=C\C2NC=C(C(C)(C)C)O2)s1. The largest absolute Gasteiger partial charge is 0.469 e. The summed E-state index contributed by atoms with van der Waals surface area (Å²) in [5, 5.41) is 7.14. The number of rotatable bonds is 3. The van der Waals surface area contributed by atoms with Gasteiger partial charge in [0.05, 0.1) is 0 Å². The van der Waals surface area contributed by atoms with E-state index in [-0.39, 0.29) is 11.6 Å². The topological polar surface area (TPSA) is 46.2 Å². The fraction of sp³-hybridized carbons (Fsp3) is 0.462. The number of allylic oxidation sites excluding steroid dienone is 1. The lowest BCUT2D eigenvalue weighted by atomic mass is 9.95. The van der Waals surface area contributed by atoms with Crippen LogP contribution in [0.2, 0.25) is 0 Å². The average molecular weight is 265 g/mol. The van der Waals surface area contributed by atoms with E-state index in [0.29, 0.717) is 0 Å². The fourth-order valence-electron chi connectivity index (χ4n) is 1.51. The number of nitrogens with zero attached hydrogens (tertiary/aromatic N) is 1. The van der Waals surface area contributed by atoms with Gasteiger partial charge in [0.25, 0.3) is 0 Å². The van der Waals surface area contributed by atoms with Gasteiger partial charge < -0.3 is 15.4 Å². The zero-order valence-corrected chi connectivity index (χ0v) is 12.0. The highest BCUT2D eigenvalue weighted by Gasteiger charge is 2.25. The molecule has 1 aliphatic rings. The van der Waals surface area contributed by atoms with Crippen LogP contribution in [0.1, 0.15) is 25.6 Å². The van der Waals surface area contributed by atoms with Crippen LogP contribution >= 0.6 is 11.3 Å². The predicted molar refractivity (Wildman–Crippen MR) is 76.2 cm³/mol. The van der Waals surface area contributed by atoms with Gasteiger partial charge in [-0.3, -0.25) is 0 Å². The van der Waals surface area contributed by atoms with E-state index in [2.05, 4.69) is 36.4 Å². The van der Waals surface area contributed by atoms with Crippen molar-refractivity contribution in [1.82, 2.24) is 10.3 Å². The van der Waals surface area contributed by atoms with Gasteiger partial charge in [-0.1, -0.05) is 32.1 Å². The Kier molecular flexibility index (Phi) is 3.61. The highest BCUT2D eigenvalue weighted by atomic mass is 32.1. The maximum Gasteiger partial charge on any atom is 0.189 e. The molecular formula is C13H19N3OS. The first-order valence-corrected chi connectivity index (χ1v) is 6.76. The maximum absolute atomic E-state index is 5.81. The Balaban J connectivity index is 1.93. The van der Waals surface area contributed by atoms with Gasteiger partial charge in [0, 0.05) is 29.7 Å². The van der Waals surface area contributed by atoms with Crippen LogP contribution in [0, 0.1) is 5.41 Å². The lowest BCUT2D eigenvalue weighted by Gasteiger charge is -2.20. The summed E-state index contributed by atoms with van der Waals surface area (Å²) in [4.78, 5) is 5.32. The van der Waals surface area contributed by atoms with Crippen molar-refractivity contribution in [2.75, 3.05) is 12.4 Å². The van der Waals surface area contributed by atoms with Crippen molar-refractivity contribution in [2.45, 2.75) is 27.0 Å². The number of ether oxygens (including phenoxy) is 1. The van der Waals surface area contributed by atoms with Crippen LogP contribution in [0.25, 0.3) is 6.08 Å². The van der Waals surface area contributed by atoms with Crippen molar-refractivity contribution in [3.05, 3.63) is 29.1 Å². The molecule has 0 aliphatic carbocycles.